The van der Waals surface area contributed by atoms with Crippen LogP contribution in [0.15, 0.2) is 48.5 Å². The van der Waals surface area contributed by atoms with Gasteiger partial charge in [0.2, 0.25) is 0 Å². The second-order valence-corrected chi connectivity index (χ2v) is 5.31. The summed E-state index contributed by atoms with van der Waals surface area (Å²) >= 11 is 0. The number of halogens is 1. The summed E-state index contributed by atoms with van der Waals surface area (Å²) in [5.41, 5.74) is 2.53. The largest absolute Gasteiger partial charge is 0.307 e. The zero-order valence-corrected chi connectivity index (χ0v) is 13.1. The Morgan fingerprint density at radius 2 is 1.77 bits per heavy atom. The van der Waals surface area contributed by atoms with E-state index in [1.165, 1.54) is 6.07 Å². The van der Waals surface area contributed by atoms with Crippen molar-refractivity contribution in [3.05, 3.63) is 59.9 Å². The molecule has 0 aromatic heterocycles. The monoisotopic (exact) mass is 299 g/mol. The van der Waals surface area contributed by atoms with E-state index in [0.717, 1.165) is 17.7 Å². The number of hydrogen-bond acceptors (Lipinski definition) is 2. The van der Waals surface area contributed by atoms with Gasteiger partial charge in [0, 0.05) is 12.0 Å². The lowest BCUT2D eigenvalue weighted by molar-refractivity contribution is -0.120. The van der Waals surface area contributed by atoms with Gasteiger partial charge in [0.15, 0.2) is 0 Å². The Bertz CT molecular complexity index is 622. The minimum atomic E-state index is -0.220. The average Bonchev–Trinajstić information content (AvgIpc) is 2.55. The minimum Gasteiger partial charge on any atom is -0.307 e. The fourth-order valence-corrected chi connectivity index (χ4v) is 2.54. The van der Waals surface area contributed by atoms with E-state index in [-0.39, 0.29) is 17.6 Å². The first kappa shape index (κ1) is 16.4. The Hall–Kier alpha value is -2.00. The van der Waals surface area contributed by atoms with Crippen LogP contribution >= 0.6 is 0 Å². The predicted molar refractivity (Wildman–Crippen MR) is 88.3 cm³/mol. The normalized spacial score (nSPS) is 12.1. The van der Waals surface area contributed by atoms with Crippen LogP contribution in [0.1, 0.15) is 25.8 Å². The van der Waals surface area contributed by atoms with E-state index in [1.54, 1.807) is 12.1 Å². The van der Waals surface area contributed by atoms with E-state index >= 15 is 0 Å². The van der Waals surface area contributed by atoms with Gasteiger partial charge in [-0.2, -0.15) is 0 Å². The summed E-state index contributed by atoms with van der Waals surface area (Å²) < 4.78 is 13.8. The van der Waals surface area contributed by atoms with Crippen LogP contribution in [0.3, 0.4) is 0 Å². The van der Waals surface area contributed by atoms with E-state index in [4.69, 9.17) is 0 Å². The molecule has 22 heavy (non-hydrogen) atoms. The third kappa shape index (κ3) is 4.01. The van der Waals surface area contributed by atoms with Crippen molar-refractivity contribution in [1.29, 1.82) is 0 Å². The maximum absolute atomic E-state index is 13.8. The van der Waals surface area contributed by atoms with Gasteiger partial charge in [-0.15, -0.1) is 0 Å². The Balaban J connectivity index is 2.15. The van der Waals surface area contributed by atoms with E-state index in [0.29, 0.717) is 18.4 Å². The molecule has 0 amide bonds. The van der Waals surface area contributed by atoms with Gasteiger partial charge >= 0.3 is 0 Å². The summed E-state index contributed by atoms with van der Waals surface area (Å²) in [4.78, 5) is 11.9. The smallest absolute Gasteiger partial charge is 0.149 e. The van der Waals surface area contributed by atoms with Crippen molar-refractivity contribution >= 4 is 5.78 Å². The molecule has 0 saturated heterocycles. The van der Waals surface area contributed by atoms with E-state index in [1.807, 2.05) is 44.2 Å². The molecular weight excluding hydrogens is 277 g/mol. The molecule has 0 heterocycles. The van der Waals surface area contributed by atoms with E-state index in [9.17, 15) is 9.18 Å². The molecule has 0 radical (unpaired) electrons. The highest BCUT2D eigenvalue weighted by Crippen LogP contribution is 2.23. The molecule has 1 N–H and O–H groups in total. The number of carbonyl (C=O) groups is 1. The molecule has 0 aliphatic heterocycles. The molecule has 0 bridgehead atoms. The highest BCUT2D eigenvalue weighted by molar-refractivity contribution is 5.84. The first-order valence-corrected chi connectivity index (χ1v) is 7.75. The lowest BCUT2D eigenvalue weighted by Gasteiger charge is -2.16. The molecule has 0 fully saturated rings. The Morgan fingerprint density at radius 1 is 1.09 bits per heavy atom. The number of benzene rings is 2. The zero-order valence-electron chi connectivity index (χ0n) is 13.1. The number of Topliss-reactive ketones (excluding diaryl/α,β-unsaturated/α-hetero) is 1. The molecule has 3 heteroatoms. The second-order valence-electron chi connectivity index (χ2n) is 5.31. The third-order valence-electron chi connectivity index (χ3n) is 3.77. The van der Waals surface area contributed by atoms with Gasteiger partial charge in [-0.25, -0.2) is 4.39 Å². The molecule has 1 atom stereocenters. The summed E-state index contributed by atoms with van der Waals surface area (Å²) in [6.07, 6.45) is 1.20. The van der Waals surface area contributed by atoms with Crippen molar-refractivity contribution in [2.75, 3.05) is 6.54 Å². The SMILES string of the molecule is CCNC(Cc1ccc(-c2ccccc2F)cc1)C(=O)CC. The molecule has 2 aromatic carbocycles. The van der Waals surface area contributed by atoms with Gasteiger partial charge in [0.05, 0.1) is 6.04 Å². The van der Waals surface area contributed by atoms with Crippen LogP contribution in [0.2, 0.25) is 0 Å². The molecule has 2 aromatic rings. The van der Waals surface area contributed by atoms with Gasteiger partial charge in [-0.1, -0.05) is 56.3 Å². The fourth-order valence-electron chi connectivity index (χ4n) is 2.54. The number of carbonyl (C=O) groups excluding carboxylic acids is 1. The molecule has 116 valence electrons. The van der Waals surface area contributed by atoms with Crippen molar-refractivity contribution in [3.63, 3.8) is 0 Å². The number of hydrogen-bond donors (Lipinski definition) is 1. The number of nitrogens with one attached hydrogen (secondary N) is 1. The number of rotatable bonds is 7. The summed E-state index contributed by atoms with van der Waals surface area (Å²) in [5.74, 6) is 0.00182. The standard InChI is InChI=1S/C19H22FNO/c1-3-19(22)18(21-4-2)13-14-9-11-15(12-10-14)16-7-5-6-8-17(16)20/h5-12,18,21H,3-4,13H2,1-2H3. The van der Waals surface area contributed by atoms with Crippen LogP contribution in [-0.4, -0.2) is 18.4 Å². The molecule has 1 unspecified atom stereocenters. The highest BCUT2D eigenvalue weighted by atomic mass is 19.1. The van der Waals surface area contributed by atoms with Crippen LogP contribution in [0.4, 0.5) is 4.39 Å². The third-order valence-corrected chi connectivity index (χ3v) is 3.77. The molecule has 0 saturated carbocycles. The summed E-state index contributed by atoms with van der Waals surface area (Å²) in [5, 5.41) is 3.23. The quantitative estimate of drug-likeness (QED) is 0.837. The van der Waals surface area contributed by atoms with Crippen LogP contribution in [0.5, 0.6) is 0 Å². The van der Waals surface area contributed by atoms with Crippen molar-refractivity contribution < 1.29 is 9.18 Å². The molecule has 0 aliphatic rings. The highest BCUT2D eigenvalue weighted by Gasteiger charge is 2.15. The Kier molecular flexibility index (Phi) is 5.84. The Labute approximate surface area is 131 Å². The van der Waals surface area contributed by atoms with E-state index < -0.39 is 0 Å². The summed E-state index contributed by atoms with van der Waals surface area (Å²) in [6.45, 7) is 4.65. The molecule has 2 nitrogen and oxygen atoms in total. The predicted octanol–water partition coefficient (Wildman–Crippen LogP) is 3.99. The lowest BCUT2D eigenvalue weighted by Crippen LogP contribution is -2.38. The van der Waals surface area contributed by atoms with E-state index in [2.05, 4.69) is 5.32 Å². The van der Waals surface area contributed by atoms with Crippen LogP contribution < -0.4 is 5.32 Å². The molecular formula is C19H22FNO. The van der Waals surface area contributed by atoms with Gasteiger partial charge < -0.3 is 5.32 Å². The van der Waals surface area contributed by atoms with Gasteiger partial charge in [-0.3, -0.25) is 4.79 Å². The van der Waals surface area contributed by atoms with Crippen molar-refractivity contribution in [1.82, 2.24) is 5.32 Å². The number of likely N-dealkylation sites (N-methyl/N-ethyl adjacent to an activating group) is 1. The average molecular weight is 299 g/mol. The zero-order chi connectivity index (χ0) is 15.9. The van der Waals surface area contributed by atoms with Gasteiger partial charge in [0.25, 0.3) is 0 Å². The van der Waals surface area contributed by atoms with Gasteiger partial charge in [0.1, 0.15) is 11.6 Å². The minimum absolute atomic E-state index is 0.144. The van der Waals surface area contributed by atoms with Crippen LogP contribution in [0.25, 0.3) is 11.1 Å². The maximum Gasteiger partial charge on any atom is 0.149 e. The van der Waals surface area contributed by atoms with Crippen molar-refractivity contribution in [2.24, 2.45) is 0 Å². The fraction of sp³-hybridized carbons (Fsp3) is 0.316. The summed E-state index contributed by atoms with van der Waals surface area (Å²) in [7, 11) is 0. The molecule has 0 aliphatic carbocycles. The Morgan fingerprint density at radius 3 is 2.36 bits per heavy atom. The van der Waals surface area contributed by atoms with Crippen LogP contribution in [0, 0.1) is 5.82 Å². The molecule has 0 spiro atoms. The number of ketones is 1. The first-order chi connectivity index (χ1) is 10.7. The van der Waals surface area contributed by atoms with Crippen molar-refractivity contribution in [2.45, 2.75) is 32.7 Å². The van der Waals surface area contributed by atoms with Crippen LogP contribution in [-0.2, 0) is 11.2 Å². The molecule has 2 rings (SSSR count). The maximum atomic E-state index is 13.8. The topological polar surface area (TPSA) is 29.1 Å². The first-order valence-electron chi connectivity index (χ1n) is 7.75. The van der Waals surface area contributed by atoms with Crippen molar-refractivity contribution in [3.8, 4) is 11.1 Å². The second kappa shape index (κ2) is 7.85. The summed E-state index contributed by atoms with van der Waals surface area (Å²) in [6, 6.07) is 14.4. The van der Waals surface area contributed by atoms with Gasteiger partial charge in [-0.05, 0) is 30.2 Å². The lowest BCUT2D eigenvalue weighted by atomic mass is 9.98.